The molecular weight excluding hydrogens is 317 g/mol. The monoisotopic (exact) mass is 335 g/mol. The first-order valence-electron chi connectivity index (χ1n) is 7.42. The fourth-order valence-corrected chi connectivity index (χ4v) is 2.56. The number of halogens is 2. The largest absolute Gasteiger partial charge is 0.388 e. The Morgan fingerprint density at radius 3 is 2.52 bits per heavy atom. The molecule has 122 valence electrons. The van der Waals surface area contributed by atoms with Crippen LogP contribution in [-0.4, -0.2) is 17.1 Å². The number of hydrogen-bond donors (Lipinski definition) is 2. The molecule has 2 unspecified atom stereocenters. The number of carbonyl (C=O) groups excluding carboxylic acids is 1. The van der Waals surface area contributed by atoms with E-state index in [-0.39, 0.29) is 24.2 Å². The van der Waals surface area contributed by atoms with E-state index in [1.54, 1.807) is 12.1 Å². The minimum atomic E-state index is -0.758. The summed E-state index contributed by atoms with van der Waals surface area (Å²) in [4.78, 5) is 12.0. The van der Waals surface area contributed by atoms with Crippen molar-refractivity contribution in [3.63, 3.8) is 0 Å². The quantitative estimate of drug-likeness (QED) is 0.846. The minimum absolute atomic E-state index is 0.156. The number of aliphatic hydroxyl groups excluding tert-OH is 1. The van der Waals surface area contributed by atoms with Crippen molar-refractivity contribution in [2.24, 2.45) is 0 Å². The number of benzene rings is 2. The van der Waals surface area contributed by atoms with Crippen LogP contribution in [0.3, 0.4) is 0 Å². The van der Waals surface area contributed by atoms with Crippen LogP contribution in [0.15, 0.2) is 48.5 Å². The van der Waals surface area contributed by atoms with Gasteiger partial charge < -0.3 is 10.4 Å². The summed E-state index contributed by atoms with van der Waals surface area (Å²) in [5.74, 6) is -0.501. The van der Waals surface area contributed by atoms with Gasteiger partial charge in [-0.3, -0.25) is 4.79 Å². The molecule has 2 aromatic carbocycles. The molecule has 0 heterocycles. The van der Waals surface area contributed by atoms with Crippen molar-refractivity contribution in [1.82, 2.24) is 5.32 Å². The van der Waals surface area contributed by atoms with Gasteiger partial charge in [0.2, 0.25) is 5.91 Å². The summed E-state index contributed by atoms with van der Waals surface area (Å²) in [5, 5.41) is 13.5. The maximum Gasteiger partial charge on any atom is 0.224 e. The van der Waals surface area contributed by atoms with Crippen LogP contribution in [0.5, 0.6) is 0 Å². The molecule has 0 radical (unpaired) electrons. The summed E-state index contributed by atoms with van der Waals surface area (Å²) in [6, 6.07) is 12.7. The molecule has 0 aliphatic heterocycles. The van der Waals surface area contributed by atoms with Crippen LogP contribution in [-0.2, 0) is 11.2 Å². The van der Waals surface area contributed by atoms with Gasteiger partial charge in [-0.2, -0.15) is 0 Å². The Balaban J connectivity index is 1.86. The van der Waals surface area contributed by atoms with Crippen molar-refractivity contribution in [3.05, 3.63) is 70.5 Å². The summed E-state index contributed by atoms with van der Waals surface area (Å²) in [5.41, 5.74) is 1.39. The zero-order valence-electron chi connectivity index (χ0n) is 12.8. The van der Waals surface area contributed by atoms with Crippen LogP contribution in [0.2, 0.25) is 5.02 Å². The SMILES string of the molecule is CC(CC(O)c1ccc(F)cc1)NC(=O)Cc1ccccc1Cl. The third-order valence-electron chi connectivity index (χ3n) is 3.55. The molecule has 1 amide bonds. The lowest BCUT2D eigenvalue weighted by Gasteiger charge is -2.18. The van der Waals surface area contributed by atoms with Crippen LogP contribution < -0.4 is 5.32 Å². The van der Waals surface area contributed by atoms with Gasteiger partial charge in [-0.05, 0) is 42.7 Å². The topological polar surface area (TPSA) is 49.3 Å². The van der Waals surface area contributed by atoms with Crippen molar-refractivity contribution in [3.8, 4) is 0 Å². The minimum Gasteiger partial charge on any atom is -0.388 e. The Hall–Kier alpha value is -1.91. The van der Waals surface area contributed by atoms with E-state index in [0.717, 1.165) is 5.56 Å². The van der Waals surface area contributed by atoms with Crippen LogP contribution >= 0.6 is 11.6 Å². The van der Waals surface area contributed by atoms with Gasteiger partial charge in [0.15, 0.2) is 0 Å². The maximum atomic E-state index is 12.9. The predicted molar refractivity (Wildman–Crippen MR) is 88.7 cm³/mol. The average molecular weight is 336 g/mol. The number of carbonyl (C=O) groups is 1. The Labute approximate surface area is 140 Å². The molecule has 5 heteroatoms. The highest BCUT2D eigenvalue weighted by atomic mass is 35.5. The summed E-state index contributed by atoms with van der Waals surface area (Å²) in [6.07, 6.45) is -0.220. The van der Waals surface area contributed by atoms with E-state index in [1.165, 1.54) is 24.3 Å². The number of rotatable bonds is 6. The van der Waals surface area contributed by atoms with Gasteiger partial charge in [0.25, 0.3) is 0 Å². The number of amides is 1. The molecule has 3 nitrogen and oxygen atoms in total. The van der Waals surface area contributed by atoms with E-state index in [0.29, 0.717) is 17.0 Å². The molecule has 2 rings (SSSR count). The number of nitrogens with one attached hydrogen (secondary N) is 1. The van der Waals surface area contributed by atoms with Gasteiger partial charge in [-0.25, -0.2) is 4.39 Å². The average Bonchev–Trinajstić information content (AvgIpc) is 2.50. The van der Waals surface area contributed by atoms with Crippen molar-refractivity contribution < 1.29 is 14.3 Å². The molecule has 2 atom stereocenters. The Morgan fingerprint density at radius 2 is 1.87 bits per heavy atom. The van der Waals surface area contributed by atoms with Crippen LogP contribution in [0.25, 0.3) is 0 Å². The molecule has 0 aliphatic rings. The van der Waals surface area contributed by atoms with E-state index in [2.05, 4.69) is 5.32 Å². The van der Waals surface area contributed by atoms with Gasteiger partial charge >= 0.3 is 0 Å². The second-order valence-electron chi connectivity index (χ2n) is 5.54. The second kappa shape index (κ2) is 8.09. The molecule has 0 spiro atoms. The van der Waals surface area contributed by atoms with Crippen molar-refractivity contribution >= 4 is 17.5 Å². The first-order valence-corrected chi connectivity index (χ1v) is 7.80. The molecule has 2 aromatic rings. The molecule has 0 aromatic heterocycles. The lowest BCUT2D eigenvalue weighted by Crippen LogP contribution is -2.34. The number of aliphatic hydroxyl groups is 1. The highest BCUT2D eigenvalue weighted by molar-refractivity contribution is 6.31. The third kappa shape index (κ3) is 5.34. The molecule has 2 N–H and O–H groups in total. The Kier molecular flexibility index (Phi) is 6.13. The highest BCUT2D eigenvalue weighted by Crippen LogP contribution is 2.19. The van der Waals surface area contributed by atoms with Crippen molar-refractivity contribution in [2.45, 2.75) is 31.9 Å². The van der Waals surface area contributed by atoms with Gasteiger partial charge in [-0.1, -0.05) is 41.9 Å². The molecule has 0 bridgehead atoms. The number of hydrogen-bond acceptors (Lipinski definition) is 2. The fraction of sp³-hybridized carbons (Fsp3) is 0.278. The van der Waals surface area contributed by atoms with Gasteiger partial charge in [0, 0.05) is 11.1 Å². The highest BCUT2D eigenvalue weighted by Gasteiger charge is 2.15. The molecule has 0 saturated heterocycles. The molecule has 23 heavy (non-hydrogen) atoms. The first kappa shape index (κ1) is 17.4. The summed E-state index contributed by atoms with van der Waals surface area (Å²) in [7, 11) is 0. The van der Waals surface area contributed by atoms with E-state index in [4.69, 9.17) is 11.6 Å². The Morgan fingerprint density at radius 1 is 1.22 bits per heavy atom. The lowest BCUT2D eigenvalue weighted by atomic mass is 10.0. The van der Waals surface area contributed by atoms with Crippen LogP contribution in [0.4, 0.5) is 4.39 Å². The zero-order valence-corrected chi connectivity index (χ0v) is 13.6. The predicted octanol–water partition coefficient (Wildman–Crippen LogP) is 3.65. The standard InChI is InChI=1S/C18H19ClFNO2/c1-12(10-17(22)13-6-8-15(20)9-7-13)21-18(23)11-14-4-2-3-5-16(14)19/h2-9,12,17,22H,10-11H2,1H3,(H,21,23). The van der Waals surface area contributed by atoms with Crippen LogP contribution in [0, 0.1) is 5.82 Å². The lowest BCUT2D eigenvalue weighted by molar-refractivity contribution is -0.121. The van der Waals surface area contributed by atoms with Crippen molar-refractivity contribution in [1.29, 1.82) is 0 Å². The first-order chi connectivity index (χ1) is 11.0. The van der Waals surface area contributed by atoms with Gasteiger partial charge in [0.1, 0.15) is 5.82 Å². The maximum absolute atomic E-state index is 12.9. The molecule has 0 fully saturated rings. The molecule has 0 aliphatic carbocycles. The Bertz CT molecular complexity index is 660. The van der Waals surface area contributed by atoms with Gasteiger partial charge in [-0.15, -0.1) is 0 Å². The molecule has 0 saturated carbocycles. The summed E-state index contributed by atoms with van der Waals surface area (Å²) in [6.45, 7) is 1.82. The molecular formula is C18H19ClFNO2. The second-order valence-corrected chi connectivity index (χ2v) is 5.95. The fourth-order valence-electron chi connectivity index (χ4n) is 2.36. The van der Waals surface area contributed by atoms with E-state index in [1.807, 2.05) is 19.1 Å². The van der Waals surface area contributed by atoms with E-state index < -0.39 is 6.10 Å². The smallest absolute Gasteiger partial charge is 0.224 e. The van der Waals surface area contributed by atoms with Crippen molar-refractivity contribution in [2.75, 3.05) is 0 Å². The third-order valence-corrected chi connectivity index (χ3v) is 3.92. The van der Waals surface area contributed by atoms with E-state index >= 15 is 0 Å². The van der Waals surface area contributed by atoms with Gasteiger partial charge in [0.05, 0.1) is 12.5 Å². The zero-order chi connectivity index (χ0) is 16.8. The summed E-state index contributed by atoms with van der Waals surface area (Å²) >= 11 is 6.03. The normalized spacial score (nSPS) is 13.4. The van der Waals surface area contributed by atoms with Crippen LogP contribution in [0.1, 0.15) is 30.6 Å². The summed E-state index contributed by atoms with van der Waals surface area (Å²) < 4.78 is 12.9. The van der Waals surface area contributed by atoms with E-state index in [9.17, 15) is 14.3 Å².